The van der Waals surface area contributed by atoms with E-state index in [0.717, 1.165) is 9.64 Å². The van der Waals surface area contributed by atoms with Crippen molar-refractivity contribution >= 4 is 46.6 Å². The minimum Gasteiger partial charge on any atom is -0.493 e. The van der Waals surface area contributed by atoms with Crippen LogP contribution in [0.1, 0.15) is 26.3 Å². The lowest BCUT2D eigenvalue weighted by Crippen LogP contribution is -2.34. The summed E-state index contributed by atoms with van der Waals surface area (Å²) in [5, 5.41) is 6.21. The monoisotopic (exact) mass is 575 g/mol. The summed E-state index contributed by atoms with van der Waals surface area (Å²) in [6.45, 7) is -0.344. The molecule has 0 aliphatic heterocycles. The number of nitrogens with zero attached hydrogens (tertiary/aromatic N) is 1. The van der Waals surface area contributed by atoms with Gasteiger partial charge in [0.05, 0.1) is 25.4 Å². The van der Waals surface area contributed by atoms with E-state index in [1.807, 2.05) is 6.07 Å². The average Bonchev–Trinajstić information content (AvgIpc) is 2.83. The molecule has 3 aromatic rings. The molecule has 174 valence electrons. The summed E-state index contributed by atoms with van der Waals surface area (Å²) in [5.74, 6) is -1.69. The summed E-state index contributed by atoms with van der Waals surface area (Å²) in [4.78, 5) is 36.3. The lowest BCUT2D eigenvalue weighted by atomic mass is 10.2. The molecule has 0 bridgehead atoms. The van der Waals surface area contributed by atoms with E-state index in [9.17, 15) is 18.8 Å². The fourth-order valence-corrected chi connectivity index (χ4v) is 3.35. The Morgan fingerprint density at radius 2 is 1.82 bits per heavy atom. The number of carbonyl (C=O) groups is 3. The molecule has 10 heteroatoms. The Labute approximate surface area is 208 Å². The molecule has 0 saturated carbocycles. The van der Waals surface area contributed by atoms with Gasteiger partial charge in [-0.1, -0.05) is 18.2 Å². The Bertz CT molecular complexity index is 1250. The number of halogens is 2. The molecule has 2 amide bonds. The van der Waals surface area contributed by atoms with Crippen molar-refractivity contribution in [3.8, 4) is 11.5 Å². The zero-order chi connectivity index (χ0) is 24.5. The largest absolute Gasteiger partial charge is 0.493 e. The van der Waals surface area contributed by atoms with Gasteiger partial charge in [-0.05, 0) is 76.7 Å². The van der Waals surface area contributed by atoms with Gasteiger partial charge in [-0.25, -0.2) is 14.6 Å². The van der Waals surface area contributed by atoms with Crippen molar-refractivity contribution in [1.82, 2.24) is 10.7 Å². The Morgan fingerprint density at radius 3 is 2.56 bits per heavy atom. The van der Waals surface area contributed by atoms with Crippen molar-refractivity contribution in [3.05, 3.63) is 92.8 Å². The van der Waals surface area contributed by atoms with Crippen molar-refractivity contribution in [2.24, 2.45) is 5.10 Å². The van der Waals surface area contributed by atoms with Crippen LogP contribution >= 0.6 is 22.6 Å². The molecular weight excluding hydrogens is 556 g/mol. The molecule has 8 nitrogen and oxygen atoms in total. The van der Waals surface area contributed by atoms with Gasteiger partial charge >= 0.3 is 5.97 Å². The Kier molecular flexibility index (Phi) is 8.68. The summed E-state index contributed by atoms with van der Waals surface area (Å²) in [6.07, 6.45) is 1.36. The standard InChI is InChI=1S/C24H19FIN3O5/c1-33-21-11-15(9-10-20(21)34-24(32)18-7-2-3-8-19(18)26)13-28-29-22(30)14-27-23(31)16-5-4-6-17(25)12-16/h2-13H,14H2,1H3,(H,27,31)(H,29,30)/b28-13-. The van der Waals surface area contributed by atoms with Gasteiger partial charge in [-0.3, -0.25) is 9.59 Å². The number of hydrogen-bond donors (Lipinski definition) is 2. The van der Waals surface area contributed by atoms with Crippen LogP contribution in [0.2, 0.25) is 0 Å². The van der Waals surface area contributed by atoms with Gasteiger partial charge in [0.1, 0.15) is 5.82 Å². The van der Waals surface area contributed by atoms with Gasteiger partial charge in [-0.15, -0.1) is 0 Å². The summed E-state index contributed by atoms with van der Waals surface area (Å²) >= 11 is 2.05. The van der Waals surface area contributed by atoms with Crippen LogP contribution in [-0.2, 0) is 4.79 Å². The van der Waals surface area contributed by atoms with Crippen LogP contribution in [0.25, 0.3) is 0 Å². The molecule has 0 spiro atoms. The van der Waals surface area contributed by atoms with Gasteiger partial charge < -0.3 is 14.8 Å². The highest BCUT2D eigenvalue weighted by Gasteiger charge is 2.15. The highest BCUT2D eigenvalue weighted by Crippen LogP contribution is 2.28. The first-order valence-corrected chi connectivity index (χ1v) is 11.0. The first-order valence-electron chi connectivity index (χ1n) is 9.88. The highest BCUT2D eigenvalue weighted by molar-refractivity contribution is 14.1. The second kappa shape index (κ2) is 11.9. The van der Waals surface area contributed by atoms with Gasteiger partial charge in [0.15, 0.2) is 11.5 Å². The maximum absolute atomic E-state index is 13.2. The molecule has 0 atom stereocenters. The van der Waals surface area contributed by atoms with Gasteiger partial charge in [-0.2, -0.15) is 5.10 Å². The van der Waals surface area contributed by atoms with Crippen LogP contribution < -0.4 is 20.2 Å². The summed E-state index contributed by atoms with van der Waals surface area (Å²) in [5.41, 5.74) is 3.38. The molecule has 0 radical (unpaired) electrons. The summed E-state index contributed by atoms with van der Waals surface area (Å²) < 4.78 is 24.7. The van der Waals surface area contributed by atoms with E-state index < -0.39 is 23.6 Å². The first kappa shape index (κ1) is 24.8. The van der Waals surface area contributed by atoms with Crippen molar-refractivity contribution in [1.29, 1.82) is 0 Å². The van der Waals surface area contributed by atoms with Crippen molar-refractivity contribution < 1.29 is 28.2 Å². The Balaban J connectivity index is 1.55. The van der Waals surface area contributed by atoms with E-state index in [1.165, 1.54) is 31.5 Å². The Hall–Kier alpha value is -3.80. The number of hydrazone groups is 1. The maximum Gasteiger partial charge on any atom is 0.344 e. The molecule has 2 N–H and O–H groups in total. The third-order valence-corrected chi connectivity index (χ3v) is 5.32. The van der Waals surface area contributed by atoms with E-state index in [0.29, 0.717) is 16.9 Å². The molecule has 0 unspecified atom stereocenters. The minimum atomic E-state index is -0.585. The quantitative estimate of drug-likeness (QED) is 0.141. The fourth-order valence-electron chi connectivity index (χ4n) is 2.74. The number of amides is 2. The Morgan fingerprint density at radius 1 is 1.03 bits per heavy atom. The van der Waals surface area contributed by atoms with Gasteiger partial charge in [0.25, 0.3) is 11.8 Å². The zero-order valence-electron chi connectivity index (χ0n) is 17.9. The molecule has 3 aromatic carbocycles. The van der Waals surface area contributed by atoms with E-state index in [-0.39, 0.29) is 17.9 Å². The van der Waals surface area contributed by atoms with Crippen molar-refractivity contribution in [2.45, 2.75) is 0 Å². The van der Waals surface area contributed by atoms with Crippen molar-refractivity contribution in [3.63, 3.8) is 0 Å². The lowest BCUT2D eigenvalue weighted by molar-refractivity contribution is -0.120. The molecule has 0 fully saturated rings. The topological polar surface area (TPSA) is 106 Å². The van der Waals surface area contributed by atoms with Crippen LogP contribution in [-0.4, -0.2) is 37.7 Å². The van der Waals surface area contributed by atoms with Crippen LogP contribution in [0.15, 0.2) is 71.8 Å². The fraction of sp³-hybridized carbons (Fsp3) is 0.0833. The number of hydrogen-bond acceptors (Lipinski definition) is 6. The summed E-state index contributed by atoms with van der Waals surface area (Å²) in [6, 6.07) is 16.9. The summed E-state index contributed by atoms with van der Waals surface area (Å²) in [7, 11) is 1.43. The minimum absolute atomic E-state index is 0.103. The predicted octanol–water partition coefficient (Wildman–Crippen LogP) is 3.54. The average molecular weight is 575 g/mol. The third-order valence-electron chi connectivity index (χ3n) is 4.38. The van der Waals surface area contributed by atoms with Gasteiger partial charge in [0.2, 0.25) is 0 Å². The molecule has 0 aliphatic rings. The molecule has 0 aromatic heterocycles. The van der Waals surface area contributed by atoms with E-state index in [4.69, 9.17) is 9.47 Å². The number of methoxy groups -OCH3 is 1. The highest BCUT2D eigenvalue weighted by atomic mass is 127. The normalized spacial score (nSPS) is 10.6. The van der Waals surface area contributed by atoms with Crippen LogP contribution in [0.5, 0.6) is 11.5 Å². The van der Waals surface area contributed by atoms with Crippen LogP contribution in [0, 0.1) is 9.39 Å². The number of rotatable bonds is 8. The third kappa shape index (κ3) is 6.85. The molecular formula is C24H19FIN3O5. The van der Waals surface area contributed by atoms with Crippen LogP contribution in [0.3, 0.4) is 0 Å². The van der Waals surface area contributed by atoms with E-state index >= 15 is 0 Å². The van der Waals surface area contributed by atoms with Crippen molar-refractivity contribution in [2.75, 3.05) is 13.7 Å². The van der Waals surface area contributed by atoms with E-state index in [1.54, 1.807) is 36.4 Å². The molecule has 3 rings (SSSR count). The lowest BCUT2D eigenvalue weighted by Gasteiger charge is -2.10. The number of nitrogens with one attached hydrogen (secondary N) is 2. The van der Waals surface area contributed by atoms with Crippen LogP contribution in [0.4, 0.5) is 4.39 Å². The molecule has 0 aliphatic carbocycles. The van der Waals surface area contributed by atoms with E-state index in [2.05, 4.69) is 38.4 Å². The zero-order valence-corrected chi connectivity index (χ0v) is 20.0. The van der Waals surface area contributed by atoms with Gasteiger partial charge in [0, 0.05) is 9.13 Å². The predicted molar refractivity (Wildman–Crippen MR) is 132 cm³/mol. The first-order chi connectivity index (χ1) is 16.4. The molecule has 34 heavy (non-hydrogen) atoms. The smallest absolute Gasteiger partial charge is 0.344 e. The number of ether oxygens (including phenoxy) is 2. The number of esters is 1. The molecule has 0 saturated heterocycles. The number of benzene rings is 3. The SMILES string of the molecule is COc1cc(/C=N\NC(=O)CNC(=O)c2cccc(F)c2)ccc1OC(=O)c1ccccc1I. The molecule has 0 heterocycles. The maximum atomic E-state index is 13.2. The second-order valence-corrected chi connectivity index (χ2v) is 7.93. The second-order valence-electron chi connectivity index (χ2n) is 6.77. The number of carbonyl (C=O) groups excluding carboxylic acids is 3.